The molecule has 0 saturated carbocycles. The molecule has 3 saturated heterocycles. The highest BCUT2D eigenvalue weighted by Crippen LogP contribution is 2.36. The number of imide groups is 1. The van der Waals surface area contributed by atoms with Gasteiger partial charge in [0.2, 0.25) is 17.8 Å². The first-order chi connectivity index (χ1) is 15.6. The van der Waals surface area contributed by atoms with Gasteiger partial charge in [-0.25, -0.2) is 4.90 Å². The van der Waals surface area contributed by atoms with Gasteiger partial charge in [0.1, 0.15) is 5.75 Å². The van der Waals surface area contributed by atoms with Gasteiger partial charge in [-0.1, -0.05) is 12.1 Å². The zero-order chi connectivity index (χ0) is 22.1. The average molecular weight is 453 g/mol. The van der Waals surface area contributed by atoms with Crippen LogP contribution in [0.25, 0.3) is 6.08 Å². The van der Waals surface area contributed by atoms with E-state index in [4.69, 9.17) is 4.74 Å². The molecule has 0 bridgehead atoms. The fourth-order valence-corrected chi connectivity index (χ4v) is 4.87. The maximum absolute atomic E-state index is 13.2. The molecular weight excluding hydrogens is 428 g/mol. The summed E-state index contributed by atoms with van der Waals surface area (Å²) < 4.78 is 5.17. The third-order valence-corrected chi connectivity index (χ3v) is 6.65. The molecule has 3 aliphatic rings. The van der Waals surface area contributed by atoms with Crippen LogP contribution in [-0.4, -0.2) is 59.4 Å². The van der Waals surface area contributed by atoms with Crippen LogP contribution in [0.2, 0.25) is 0 Å². The summed E-state index contributed by atoms with van der Waals surface area (Å²) in [4.78, 5) is 45.3. The van der Waals surface area contributed by atoms with E-state index in [-0.39, 0.29) is 5.95 Å². The zero-order valence-electron chi connectivity index (χ0n) is 17.9. The number of carbonyl (C=O) groups excluding carboxylic acids is 2. The van der Waals surface area contributed by atoms with Crippen LogP contribution in [0.5, 0.6) is 5.75 Å². The number of hydrogen-bond donors (Lipinski definition) is 0. The SMILES string of the molecule is COc1ccc(/C=C2/SC(=O)N(c3nc(N4CCCC4)nc(N4CCCC4)n3)C2=O)cc1. The summed E-state index contributed by atoms with van der Waals surface area (Å²) in [7, 11) is 1.60. The van der Waals surface area contributed by atoms with Gasteiger partial charge >= 0.3 is 5.24 Å². The molecule has 2 amide bonds. The Kier molecular flexibility index (Phi) is 5.69. The number of rotatable bonds is 5. The molecule has 0 radical (unpaired) electrons. The van der Waals surface area contributed by atoms with Gasteiger partial charge in [0, 0.05) is 26.2 Å². The number of methoxy groups -OCH3 is 1. The summed E-state index contributed by atoms with van der Waals surface area (Å²) in [6.07, 6.45) is 6.01. The lowest BCUT2D eigenvalue weighted by molar-refractivity contribution is -0.113. The van der Waals surface area contributed by atoms with Crippen molar-refractivity contribution in [1.82, 2.24) is 15.0 Å². The first-order valence-electron chi connectivity index (χ1n) is 10.8. The van der Waals surface area contributed by atoms with Crippen LogP contribution in [0.1, 0.15) is 31.2 Å². The Morgan fingerprint density at radius 1 is 0.844 bits per heavy atom. The number of anilines is 3. The number of aromatic nitrogens is 3. The van der Waals surface area contributed by atoms with Crippen molar-refractivity contribution in [2.75, 3.05) is 48.0 Å². The highest BCUT2D eigenvalue weighted by Gasteiger charge is 2.39. The van der Waals surface area contributed by atoms with Crippen molar-refractivity contribution in [2.24, 2.45) is 0 Å². The van der Waals surface area contributed by atoms with E-state index in [1.165, 1.54) is 0 Å². The van der Waals surface area contributed by atoms with E-state index in [2.05, 4.69) is 24.8 Å². The van der Waals surface area contributed by atoms with Crippen molar-refractivity contribution in [3.63, 3.8) is 0 Å². The Hall–Kier alpha value is -3.14. The lowest BCUT2D eigenvalue weighted by Crippen LogP contribution is -2.32. The van der Waals surface area contributed by atoms with Gasteiger partial charge in [-0.05, 0) is 61.2 Å². The smallest absolute Gasteiger partial charge is 0.300 e. The van der Waals surface area contributed by atoms with Crippen molar-refractivity contribution < 1.29 is 14.3 Å². The minimum Gasteiger partial charge on any atom is -0.497 e. The standard InChI is InChI=1S/C22H24N6O3S/c1-31-16-8-6-15(7-9-16)14-17-18(29)28(22(30)32-17)21-24-19(26-10-2-3-11-26)23-20(25-21)27-12-4-5-13-27/h6-9,14H,2-5,10-13H2,1H3/b17-14+. The van der Waals surface area contributed by atoms with Crippen molar-refractivity contribution in [3.8, 4) is 5.75 Å². The second kappa shape index (κ2) is 8.78. The Balaban J connectivity index is 1.47. The van der Waals surface area contributed by atoms with Gasteiger partial charge < -0.3 is 14.5 Å². The van der Waals surface area contributed by atoms with Gasteiger partial charge in [-0.3, -0.25) is 9.59 Å². The second-order valence-corrected chi connectivity index (χ2v) is 8.91. The number of hydrogen-bond acceptors (Lipinski definition) is 9. The summed E-state index contributed by atoms with van der Waals surface area (Å²) in [6, 6.07) is 7.30. The van der Waals surface area contributed by atoms with E-state index in [1.54, 1.807) is 13.2 Å². The third-order valence-electron chi connectivity index (χ3n) is 5.79. The monoisotopic (exact) mass is 452 g/mol. The van der Waals surface area contributed by atoms with Crippen LogP contribution < -0.4 is 19.4 Å². The van der Waals surface area contributed by atoms with E-state index in [0.717, 1.165) is 79.8 Å². The normalized spacial score (nSPS) is 20.2. The molecule has 0 aliphatic carbocycles. The van der Waals surface area contributed by atoms with E-state index in [1.807, 2.05) is 24.3 Å². The van der Waals surface area contributed by atoms with Crippen LogP contribution >= 0.6 is 11.8 Å². The summed E-state index contributed by atoms with van der Waals surface area (Å²) in [5.74, 6) is 1.48. The quantitative estimate of drug-likeness (QED) is 0.634. The van der Waals surface area contributed by atoms with Crippen molar-refractivity contribution >= 4 is 46.8 Å². The van der Waals surface area contributed by atoms with E-state index < -0.39 is 11.1 Å². The maximum Gasteiger partial charge on any atom is 0.300 e. The fraction of sp³-hybridized carbons (Fsp3) is 0.409. The van der Waals surface area contributed by atoms with Crippen molar-refractivity contribution in [1.29, 1.82) is 0 Å². The third kappa shape index (κ3) is 4.02. The molecule has 0 N–H and O–H groups in total. The molecule has 0 atom stereocenters. The van der Waals surface area contributed by atoms with Crippen LogP contribution in [-0.2, 0) is 4.79 Å². The van der Waals surface area contributed by atoms with Crippen molar-refractivity contribution in [3.05, 3.63) is 34.7 Å². The number of benzene rings is 1. The van der Waals surface area contributed by atoms with Gasteiger partial charge in [0.15, 0.2) is 0 Å². The minimum atomic E-state index is -0.415. The molecule has 4 heterocycles. The average Bonchev–Trinajstić information content (AvgIpc) is 3.57. The molecule has 1 aromatic carbocycles. The first-order valence-corrected chi connectivity index (χ1v) is 11.6. The highest BCUT2D eigenvalue weighted by molar-refractivity contribution is 8.19. The Labute approximate surface area is 190 Å². The second-order valence-electron chi connectivity index (χ2n) is 7.91. The van der Waals surface area contributed by atoms with E-state index in [0.29, 0.717) is 16.8 Å². The number of ether oxygens (including phenoxy) is 1. The Morgan fingerprint density at radius 2 is 1.38 bits per heavy atom. The van der Waals surface area contributed by atoms with E-state index >= 15 is 0 Å². The molecule has 0 unspecified atom stereocenters. The lowest BCUT2D eigenvalue weighted by Gasteiger charge is -2.22. The van der Waals surface area contributed by atoms with E-state index in [9.17, 15) is 9.59 Å². The molecule has 166 valence electrons. The number of thioether (sulfide) groups is 1. The number of carbonyl (C=O) groups is 2. The summed E-state index contributed by atoms with van der Waals surface area (Å²) in [6.45, 7) is 3.45. The Bertz CT molecular complexity index is 1030. The lowest BCUT2D eigenvalue weighted by atomic mass is 10.2. The molecule has 10 heteroatoms. The molecule has 3 fully saturated rings. The van der Waals surface area contributed by atoms with Crippen molar-refractivity contribution in [2.45, 2.75) is 25.7 Å². The number of amides is 2. The van der Waals surface area contributed by atoms with Crippen LogP contribution in [0.4, 0.5) is 22.6 Å². The Morgan fingerprint density at radius 3 is 1.91 bits per heavy atom. The molecule has 3 aliphatic heterocycles. The number of nitrogens with zero attached hydrogens (tertiary/aromatic N) is 6. The van der Waals surface area contributed by atoms with Crippen LogP contribution in [0.3, 0.4) is 0 Å². The molecule has 32 heavy (non-hydrogen) atoms. The molecule has 9 nitrogen and oxygen atoms in total. The fourth-order valence-electron chi connectivity index (χ4n) is 4.05. The predicted molar refractivity (Wildman–Crippen MR) is 124 cm³/mol. The first kappa shape index (κ1) is 20.7. The molecule has 0 spiro atoms. The molecule has 5 rings (SSSR count). The van der Waals surface area contributed by atoms with Gasteiger partial charge in [0.05, 0.1) is 12.0 Å². The summed E-state index contributed by atoms with van der Waals surface area (Å²) in [5, 5.41) is -0.402. The molecular formula is C22H24N6O3S. The molecule has 1 aromatic heterocycles. The highest BCUT2D eigenvalue weighted by atomic mass is 32.2. The van der Waals surface area contributed by atoms with Gasteiger partial charge in [-0.2, -0.15) is 15.0 Å². The molecule has 2 aromatic rings. The maximum atomic E-state index is 13.2. The summed E-state index contributed by atoms with van der Waals surface area (Å²) in [5.41, 5.74) is 0.808. The predicted octanol–water partition coefficient (Wildman–Crippen LogP) is 3.32. The van der Waals surface area contributed by atoms with Gasteiger partial charge in [-0.15, -0.1) is 0 Å². The van der Waals surface area contributed by atoms with Crippen LogP contribution in [0.15, 0.2) is 29.2 Å². The van der Waals surface area contributed by atoms with Gasteiger partial charge in [0.25, 0.3) is 5.91 Å². The largest absolute Gasteiger partial charge is 0.497 e. The summed E-state index contributed by atoms with van der Waals surface area (Å²) >= 11 is 0.897. The zero-order valence-corrected chi connectivity index (χ0v) is 18.7. The van der Waals surface area contributed by atoms with Crippen LogP contribution in [0, 0.1) is 0 Å². The minimum absolute atomic E-state index is 0.101. The topological polar surface area (TPSA) is 91.8 Å².